The molecule has 0 spiro atoms. The predicted molar refractivity (Wildman–Crippen MR) is 277 cm³/mol. The molecule has 0 heterocycles. The zero-order chi connectivity index (χ0) is 43.0. The number of hydrogen-bond acceptors (Lipinski definition) is 2. The van der Waals surface area contributed by atoms with Gasteiger partial charge in [-0.3, -0.25) is 0 Å². The van der Waals surface area contributed by atoms with Crippen LogP contribution >= 0.6 is 0 Å². The van der Waals surface area contributed by atoms with Crippen molar-refractivity contribution in [3.8, 4) is 0 Å². The summed E-state index contributed by atoms with van der Waals surface area (Å²) in [6.45, 7) is 4.52. The second-order valence-corrected chi connectivity index (χ2v) is 16.6. The molecule has 304 valence electrons. The zero-order valence-corrected chi connectivity index (χ0v) is 36.0. The van der Waals surface area contributed by atoms with Crippen LogP contribution in [0.15, 0.2) is 218 Å². The average Bonchev–Trinajstić information content (AvgIpc) is 3.35. The summed E-state index contributed by atoms with van der Waals surface area (Å²) >= 11 is 0. The van der Waals surface area contributed by atoms with E-state index >= 15 is 0 Å². The molecule has 0 saturated heterocycles. The van der Waals surface area contributed by atoms with Crippen molar-refractivity contribution in [1.82, 2.24) is 0 Å². The molecule has 11 aromatic rings. The molecule has 0 radical (unpaired) electrons. The SMILES string of the molecule is Cc1ccc2c3ccc(C)c4c(N(c5ccccc5)c5ccc(C=Cc6ccccc6)cc5)ccc(c5ccc(N(c6ccccc6)c6ccc(C=Cc7ccccc7)cc6)c1c25)c43. The standard InChI is InChI=1S/C62H46N2/c1-43-23-37-53-54-38-24-44(2)60-58(64(50-21-13-6-14-22-50)52-35-31-48(32-36-52)28-26-46-17-9-4-10-18-46)42-40-56(62(54)60)55-39-41-57(59(43)61(53)55)63(49-19-11-5-12-20-49)51-33-29-47(30-34-51)27-25-45-15-7-3-8-16-45/h3-42H,1-2H3. The Bertz CT molecular complexity index is 3210. The third-order valence-corrected chi connectivity index (χ3v) is 12.6. The van der Waals surface area contributed by atoms with E-state index in [1.165, 1.54) is 65.3 Å². The summed E-state index contributed by atoms with van der Waals surface area (Å²) in [7, 11) is 0. The van der Waals surface area contributed by atoms with Gasteiger partial charge in [0.15, 0.2) is 0 Å². The summed E-state index contributed by atoms with van der Waals surface area (Å²) in [5.74, 6) is 0. The Morgan fingerprint density at radius 3 is 0.875 bits per heavy atom. The van der Waals surface area contributed by atoms with E-state index in [0.717, 1.165) is 45.3 Å². The van der Waals surface area contributed by atoms with Crippen LogP contribution in [0.25, 0.3) is 67.4 Å². The molecule has 2 heteroatoms. The molecule has 0 aliphatic carbocycles. The highest BCUT2D eigenvalue weighted by Gasteiger charge is 2.24. The number of nitrogens with zero attached hydrogens (tertiary/aromatic N) is 2. The van der Waals surface area contributed by atoms with Crippen LogP contribution < -0.4 is 9.80 Å². The lowest BCUT2D eigenvalue weighted by atomic mass is 9.86. The number of hydrogen-bond donors (Lipinski definition) is 0. The first-order valence-electron chi connectivity index (χ1n) is 22.1. The highest BCUT2D eigenvalue weighted by atomic mass is 15.1. The maximum atomic E-state index is 2.42. The molecule has 0 amide bonds. The summed E-state index contributed by atoms with van der Waals surface area (Å²) in [6, 6.07) is 79.1. The maximum absolute atomic E-state index is 2.42. The summed E-state index contributed by atoms with van der Waals surface area (Å²) in [5, 5.41) is 10.2. The van der Waals surface area contributed by atoms with Gasteiger partial charge in [-0.2, -0.15) is 0 Å². The van der Waals surface area contributed by atoms with Gasteiger partial charge in [0.1, 0.15) is 0 Å². The third kappa shape index (κ3) is 7.06. The quantitative estimate of drug-likeness (QED) is 0.0770. The molecule has 11 rings (SSSR count). The Labute approximate surface area is 375 Å². The van der Waals surface area contributed by atoms with Gasteiger partial charge in [0.25, 0.3) is 0 Å². The second kappa shape index (κ2) is 16.6. The van der Waals surface area contributed by atoms with Crippen molar-refractivity contribution in [3.05, 3.63) is 252 Å². The second-order valence-electron chi connectivity index (χ2n) is 16.6. The van der Waals surface area contributed by atoms with E-state index in [9.17, 15) is 0 Å². The van der Waals surface area contributed by atoms with Gasteiger partial charge in [-0.1, -0.05) is 182 Å². The first kappa shape index (κ1) is 38.7. The van der Waals surface area contributed by atoms with Crippen molar-refractivity contribution >= 4 is 102 Å². The van der Waals surface area contributed by atoms with E-state index in [4.69, 9.17) is 0 Å². The molecular weight excluding hydrogens is 773 g/mol. The Kier molecular flexibility index (Phi) is 10.0. The first-order chi connectivity index (χ1) is 31.6. The number of benzene rings is 11. The van der Waals surface area contributed by atoms with E-state index in [1.54, 1.807) is 0 Å². The van der Waals surface area contributed by atoms with Crippen LogP contribution in [0.3, 0.4) is 0 Å². The van der Waals surface area contributed by atoms with Crippen LogP contribution in [0, 0.1) is 13.8 Å². The minimum absolute atomic E-state index is 1.11. The number of fused-ring (bicyclic) bond motifs is 2. The summed E-state index contributed by atoms with van der Waals surface area (Å²) in [6.07, 6.45) is 8.71. The number of para-hydroxylation sites is 2. The van der Waals surface area contributed by atoms with E-state index < -0.39 is 0 Å². The molecule has 0 aliphatic rings. The third-order valence-electron chi connectivity index (χ3n) is 12.6. The van der Waals surface area contributed by atoms with E-state index in [0.29, 0.717) is 0 Å². The van der Waals surface area contributed by atoms with Gasteiger partial charge in [-0.15, -0.1) is 0 Å². The molecule has 11 aromatic carbocycles. The predicted octanol–water partition coefficient (Wildman–Crippen LogP) is 17.6. The number of aryl methyl sites for hydroxylation is 2. The fraction of sp³-hybridized carbons (Fsp3) is 0.0323. The van der Waals surface area contributed by atoms with Gasteiger partial charge in [0.2, 0.25) is 0 Å². The van der Waals surface area contributed by atoms with Crippen molar-refractivity contribution < 1.29 is 0 Å². The zero-order valence-electron chi connectivity index (χ0n) is 36.0. The van der Waals surface area contributed by atoms with Gasteiger partial charge in [0.05, 0.1) is 11.4 Å². The Morgan fingerprint density at radius 2 is 0.531 bits per heavy atom. The van der Waals surface area contributed by atoms with Crippen molar-refractivity contribution in [2.45, 2.75) is 13.8 Å². The van der Waals surface area contributed by atoms with Gasteiger partial charge in [0, 0.05) is 33.5 Å². The van der Waals surface area contributed by atoms with Crippen molar-refractivity contribution in [1.29, 1.82) is 0 Å². The molecule has 0 atom stereocenters. The van der Waals surface area contributed by atoms with Crippen molar-refractivity contribution in [2.75, 3.05) is 9.80 Å². The molecule has 0 fully saturated rings. The molecular formula is C62H46N2. The van der Waals surface area contributed by atoms with E-state index in [1.807, 2.05) is 0 Å². The molecule has 0 unspecified atom stereocenters. The van der Waals surface area contributed by atoms with Gasteiger partial charge >= 0.3 is 0 Å². The lowest BCUT2D eigenvalue weighted by Gasteiger charge is -2.30. The highest BCUT2D eigenvalue weighted by Crippen LogP contribution is 2.50. The van der Waals surface area contributed by atoms with Crippen LogP contribution in [-0.4, -0.2) is 0 Å². The minimum Gasteiger partial charge on any atom is -0.310 e. The smallest absolute Gasteiger partial charge is 0.0543 e. The Morgan fingerprint density at radius 1 is 0.250 bits per heavy atom. The van der Waals surface area contributed by atoms with E-state index in [-0.39, 0.29) is 0 Å². The molecule has 64 heavy (non-hydrogen) atoms. The lowest BCUT2D eigenvalue weighted by Crippen LogP contribution is -2.11. The topological polar surface area (TPSA) is 6.48 Å². The summed E-state index contributed by atoms with van der Waals surface area (Å²) in [5.41, 5.74) is 14.0. The van der Waals surface area contributed by atoms with Crippen LogP contribution in [0.2, 0.25) is 0 Å². The monoisotopic (exact) mass is 818 g/mol. The molecule has 2 nitrogen and oxygen atoms in total. The Balaban J connectivity index is 1.07. The van der Waals surface area contributed by atoms with Crippen molar-refractivity contribution in [2.24, 2.45) is 0 Å². The summed E-state index contributed by atoms with van der Waals surface area (Å²) in [4.78, 5) is 4.84. The fourth-order valence-corrected chi connectivity index (χ4v) is 9.55. The lowest BCUT2D eigenvalue weighted by molar-refractivity contribution is 1.29. The van der Waals surface area contributed by atoms with Crippen LogP contribution in [0.5, 0.6) is 0 Å². The molecule has 0 N–H and O–H groups in total. The minimum atomic E-state index is 1.11. The summed E-state index contributed by atoms with van der Waals surface area (Å²) < 4.78 is 0. The van der Waals surface area contributed by atoms with Gasteiger partial charge < -0.3 is 9.80 Å². The highest BCUT2D eigenvalue weighted by molar-refractivity contribution is 6.36. The molecule has 0 aromatic heterocycles. The fourth-order valence-electron chi connectivity index (χ4n) is 9.55. The maximum Gasteiger partial charge on any atom is 0.0543 e. The molecule has 0 saturated carbocycles. The van der Waals surface area contributed by atoms with Crippen LogP contribution in [0.4, 0.5) is 34.1 Å². The number of rotatable bonds is 10. The van der Waals surface area contributed by atoms with E-state index in [2.05, 4.69) is 266 Å². The average molecular weight is 819 g/mol. The normalized spacial score (nSPS) is 11.8. The van der Waals surface area contributed by atoms with Gasteiger partial charge in [-0.25, -0.2) is 0 Å². The number of anilines is 6. The van der Waals surface area contributed by atoms with Gasteiger partial charge in [-0.05, 0) is 140 Å². The largest absolute Gasteiger partial charge is 0.310 e. The molecule has 0 bridgehead atoms. The molecule has 0 aliphatic heterocycles. The van der Waals surface area contributed by atoms with Crippen molar-refractivity contribution in [3.63, 3.8) is 0 Å². The van der Waals surface area contributed by atoms with Crippen LogP contribution in [0.1, 0.15) is 33.4 Å². The van der Waals surface area contributed by atoms with Crippen LogP contribution in [-0.2, 0) is 0 Å². The Hall–Kier alpha value is -8.20. The first-order valence-corrected chi connectivity index (χ1v) is 22.1.